The van der Waals surface area contributed by atoms with E-state index in [1.165, 1.54) is 11.3 Å². The Morgan fingerprint density at radius 2 is 2.10 bits per heavy atom. The number of nitrogen functional groups attached to an aromatic ring is 1. The predicted molar refractivity (Wildman–Crippen MR) is 89.7 cm³/mol. The van der Waals surface area contributed by atoms with E-state index in [1.54, 1.807) is 11.3 Å². The van der Waals surface area contributed by atoms with Gasteiger partial charge in [-0.1, -0.05) is 12.1 Å². The van der Waals surface area contributed by atoms with Crippen LogP contribution >= 0.6 is 11.3 Å². The molecule has 0 spiro atoms. The molecule has 0 unspecified atom stereocenters. The number of nitrogens with two attached hydrogens (primary N) is 1. The molecule has 0 aliphatic heterocycles. The molecule has 5 heteroatoms. The van der Waals surface area contributed by atoms with Gasteiger partial charge in [0.1, 0.15) is 10.6 Å². The van der Waals surface area contributed by atoms with Crippen molar-refractivity contribution in [3.63, 3.8) is 0 Å². The maximum Gasteiger partial charge on any atom is 0.151 e. The first-order valence-electron chi connectivity index (χ1n) is 6.98. The monoisotopic (exact) mass is 298 g/mol. The van der Waals surface area contributed by atoms with Gasteiger partial charge in [-0.2, -0.15) is 0 Å². The molecule has 0 atom stereocenters. The van der Waals surface area contributed by atoms with E-state index >= 15 is 0 Å². The van der Waals surface area contributed by atoms with Crippen LogP contribution in [0.4, 0.5) is 11.5 Å². The number of hydrogen-bond acceptors (Lipinski definition) is 5. The zero-order valence-corrected chi connectivity index (χ0v) is 13.0. The number of hydrogen-bond donors (Lipinski definition) is 1. The summed E-state index contributed by atoms with van der Waals surface area (Å²) in [5.74, 6) is 1.34. The number of nitrogens with zero attached hydrogens (tertiary/aromatic N) is 3. The van der Waals surface area contributed by atoms with Gasteiger partial charge in [-0.05, 0) is 43.0 Å². The van der Waals surface area contributed by atoms with Crippen LogP contribution in [-0.4, -0.2) is 16.5 Å². The zero-order chi connectivity index (χ0) is 14.8. The molecule has 2 heterocycles. The summed E-state index contributed by atoms with van der Waals surface area (Å²) in [6, 6.07) is 10.4. The lowest BCUT2D eigenvalue weighted by molar-refractivity contribution is 0.788. The third kappa shape index (κ3) is 2.83. The third-order valence-corrected chi connectivity index (χ3v) is 4.29. The topological polar surface area (TPSA) is 55.0 Å². The second-order valence-corrected chi connectivity index (χ2v) is 5.91. The van der Waals surface area contributed by atoms with Crippen LogP contribution in [-0.2, 0) is 6.54 Å². The van der Waals surface area contributed by atoms with Gasteiger partial charge in [0, 0.05) is 12.2 Å². The quantitative estimate of drug-likeness (QED) is 0.799. The van der Waals surface area contributed by atoms with E-state index in [1.807, 2.05) is 11.4 Å². The van der Waals surface area contributed by atoms with Crippen LogP contribution in [0.2, 0.25) is 0 Å². The summed E-state index contributed by atoms with van der Waals surface area (Å²) in [6.07, 6.45) is 0. The second-order valence-electron chi connectivity index (χ2n) is 5.02. The van der Waals surface area contributed by atoms with Crippen molar-refractivity contribution >= 4 is 33.1 Å². The first-order chi connectivity index (χ1) is 10.2. The molecule has 0 radical (unpaired) electrons. The Morgan fingerprint density at radius 1 is 1.24 bits per heavy atom. The van der Waals surface area contributed by atoms with Crippen molar-refractivity contribution in [1.29, 1.82) is 0 Å². The van der Waals surface area contributed by atoms with Crippen LogP contribution in [0.3, 0.4) is 0 Å². The van der Waals surface area contributed by atoms with Crippen molar-refractivity contribution in [3.8, 4) is 0 Å². The van der Waals surface area contributed by atoms with Gasteiger partial charge in [-0.15, -0.1) is 11.3 Å². The Morgan fingerprint density at radius 3 is 2.86 bits per heavy atom. The van der Waals surface area contributed by atoms with Gasteiger partial charge in [0.05, 0.1) is 11.9 Å². The standard InChI is InChI=1S/C16H18N4S/c1-3-20(12-6-4-5-11(2)9-12)10-14-18-15(17)13-7-8-21-16(13)19-14/h4-9H,3,10H2,1-2H3,(H2,17,18,19). The summed E-state index contributed by atoms with van der Waals surface area (Å²) in [5.41, 5.74) is 8.45. The molecule has 0 saturated heterocycles. The SMILES string of the molecule is CCN(Cc1nc(N)c2ccsc2n1)c1cccc(C)c1. The second kappa shape index (κ2) is 5.69. The van der Waals surface area contributed by atoms with E-state index in [4.69, 9.17) is 5.73 Å². The minimum Gasteiger partial charge on any atom is -0.383 e. The molecule has 0 saturated carbocycles. The van der Waals surface area contributed by atoms with Crippen LogP contribution < -0.4 is 10.6 Å². The van der Waals surface area contributed by atoms with Gasteiger partial charge in [-0.25, -0.2) is 9.97 Å². The molecule has 2 aromatic heterocycles. The molecule has 3 aromatic rings. The Bertz CT molecular complexity index is 766. The highest BCUT2D eigenvalue weighted by molar-refractivity contribution is 7.16. The van der Waals surface area contributed by atoms with Crippen molar-refractivity contribution in [2.75, 3.05) is 17.2 Å². The van der Waals surface area contributed by atoms with Crippen LogP contribution in [0.15, 0.2) is 35.7 Å². The molecule has 21 heavy (non-hydrogen) atoms. The van der Waals surface area contributed by atoms with Crippen molar-refractivity contribution in [2.45, 2.75) is 20.4 Å². The van der Waals surface area contributed by atoms with E-state index in [0.717, 1.165) is 22.6 Å². The Balaban J connectivity index is 1.92. The van der Waals surface area contributed by atoms with Crippen LogP contribution in [0, 0.1) is 6.92 Å². The Hall–Kier alpha value is -2.14. The fourth-order valence-corrected chi connectivity index (χ4v) is 3.17. The normalized spacial score (nSPS) is 11.0. The maximum absolute atomic E-state index is 6.02. The molecule has 2 N–H and O–H groups in total. The molecule has 0 aliphatic carbocycles. The highest BCUT2D eigenvalue weighted by atomic mass is 32.1. The fraction of sp³-hybridized carbons (Fsp3) is 0.250. The molecule has 1 aromatic carbocycles. The van der Waals surface area contributed by atoms with Crippen molar-refractivity contribution in [1.82, 2.24) is 9.97 Å². The van der Waals surface area contributed by atoms with Gasteiger partial charge in [0.2, 0.25) is 0 Å². The molecular formula is C16H18N4S. The fourth-order valence-electron chi connectivity index (χ4n) is 2.38. The highest BCUT2D eigenvalue weighted by Gasteiger charge is 2.11. The van der Waals surface area contributed by atoms with E-state index in [0.29, 0.717) is 12.4 Å². The third-order valence-electron chi connectivity index (χ3n) is 3.48. The molecule has 4 nitrogen and oxygen atoms in total. The lowest BCUT2D eigenvalue weighted by atomic mass is 10.2. The summed E-state index contributed by atoms with van der Waals surface area (Å²) in [6.45, 7) is 5.80. The van der Waals surface area contributed by atoms with E-state index in [2.05, 4.69) is 53.0 Å². The summed E-state index contributed by atoms with van der Waals surface area (Å²) >= 11 is 1.60. The average molecular weight is 298 g/mol. The summed E-state index contributed by atoms with van der Waals surface area (Å²) in [5, 5.41) is 2.94. The first-order valence-corrected chi connectivity index (χ1v) is 7.86. The van der Waals surface area contributed by atoms with E-state index in [9.17, 15) is 0 Å². The molecule has 108 valence electrons. The number of rotatable bonds is 4. The molecule has 0 aliphatic rings. The molecular weight excluding hydrogens is 280 g/mol. The molecule has 0 fully saturated rings. The average Bonchev–Trinajstić information content (AvgIpc) is 2.93. The van der Waals surface area contributed by atoms with Crippen molar-refractivity contribution < 1.29 is 0 Å². The van der Waals surface area contributed by atoms with Gasteiger partial charge in [-0.3, -0.25) is 0 Å². The van der Waals surface area contributed by atoms with Crippen LogP contribution in [0.1, 0.15) is 18.3 Å². The number of aryl methyl sites for hydroxylation is 1. The van der Waals surface area contributed by atoms with E-state index in [-0.39, 0.29) is 0 Å². The number of anilines is 2. The number of aromatic nitrogens is 2. The van der Waals surface area contributed by atoms with Gasteiger partial charge < -0.3 is 10.6 Å². The predicted octanol–water partition coefficient (Wildman–Crippen LogP) is 3.61. The van der Waals surface area contributed by atoms with E-state index < -0.39 is 0 Å². The number of thiophene rings is 1. The van der Waals surface area contributed by atoms with Gasteiger partial charge >= 0.3 is 0 Å². The molecule has 3 rings (SSSR count). The number of benzene rings is 1. The summed E-state index contributed by atoms with van der Waals surface area (Å²) < 4.78 is 0. The van der Waals surface area contributed by atoms with Crippen LogP contribution in [0.25, 0.3) is 10.2 Å². The van der Waals surface area contributed by atoms with Gasteiger partial charge in [0.15, 0.2) is 5.82 Å². The smallest absolute Gasteiger partial charge is 0.151 e. The van der Waals surface area contributed by atoms with Crippen LogP contribution in [0.5, 0.6) is 0 Å². The van der Waals surface area contributed by atoms with Gasteiger partial charge in [0.25, 0.3) is 0 Å². The summed E-state index contributed by atoms with van der Waals surface area (Å²) in [7, 11) is 0. The lowest BCUT2D eigenvalue weighted by Gasteiger charge is -2.22. The van der Waals surface area contributed by atoms with Crippen molar-refractivity contribution in [3.05, 3.63) is 47.1 Å². The summed E-state index contributed by atoms with van der Waals surface area (Å²) in [4.78, 5) is 12.3. The molecule has 0 bridgehead atoms. The minimum atomic E-state index is 0.566. The van der Waals surface area contributed by atoms with Crippen molar-refractivity contribution in [2.24, 2.45) is 0 Å². The highest BCUT2D eigenvalue weighted by Crippen LogP contribution is 2.24. The molecule has 0 amide bonds. The first kappa shape index (κ1) is 13.8. The largest absolute Gasteiger partial charge is 0.383 e. The zero-order valence-electron chi connectivity index (χ0n) is 12.2. The Labute approximate surface area is 128 Å². The maximum atomic E-state index is 6.02. The minimum absolute atomic E-state index is 0.566. The Kier molecular flexibility index (Phi) is 3.75. The number of fused-ring (bicyclic) bond motifs is 1. The lowest BCUT2D eigenvalue weighted by Crippen LogP contribution is -2.23.